The van der Waals surface area contributed by atoms with Crippen molar-refractivity contribution in [3.63, 3.8) is 0 Å². The molecule has 1 aromatic carbocycles. The molecule has 1 aromatic rings. The van der Waals surface area contributed by atoms with Crippen LogP contribution in [0.5, 0.6) is 0 Å². The predicted molar refractivity (Wildman–Crippen MR) is 85.7 cm³/mol. The van der Waals surface area contributed by atoms with E-state index in [2.05, 4.69) is 15.9 Å². The predicted octanol–water partition coefficient (Wildman–Crippen LogP) is 4.06. The molecule has 112 valence electrons. The standard InChI is InChI=1S/C14H19BrClNO2S/c1-11-13(15)8-12(10-16)9-14(11)20(18,19)17-6-4-2-3-5-7-17/h8-9H,2-7,10H2,1H3. The van der Waals surface area contributed by atoms with Gasteiger partial charge in [-0.3, -0.25) is 0 Å². The monoisotopic (exact) mass is 379 g/mol. The molecule has 1 aliphatic rings. The van der Waals surface area contributed by atoms with Gasteiger partial charge in [-0.25, -0.2) is 8.42 Å². The van der Waals surface area contributed by atoms with Crippen molar-refractivity contribution in [3.8, 4) is 0 Å². The number of halogens is 2. The summed E-state index contributed by atoms with van der Waals surface area (Å²) in [7, 11) is -3.43. The Kier molecular flexibility index (Phi) is 5.51. The number of hydrogen-bond donors (Lipinski definition) is 0. The van der Waals surface area contributed by atoms with Crippen LogP contribution in [0.25, 0.3) is 0 Å². The highest BCUT2D eigenvalue weighted by molar-refractivity contribution is 9.10. The fourth-order valence-electron chi connectivity index (χ4n) is 2.47. The minimum Gasteiger partial charge on any atom is -0.207 e. The summed E-state index contributed by atoms with van der Waals surface area (Å²) < 4.78 is 28.1. The maximum absolute atomic E-state index is 12.8. The molecule has 0 spiro atoms. The summed E-state index contributed by atoms with van der Waals surface area (Å²) in [5.74, 6) is 0.307. The zero-order valence-electron chi connectivity index (χ0n) is 11.5. The van der Waals surface area contributed by atoms with Gasteiger partial charge >= 0.3 is 0 Å². The molecule has 20 heavy (non-hydrogen) atoms. The SMILES string of the molecule is Cc1c(Br)cc(CCl)cc1S(=O)(=O)N1CCCCCC1. The molecule has 1 saturated heterocycles. The van der Waals surface area contributed by atoms with Crippen molar-refractivity contribution in [2.75, 3.05) is 13.1 Å². The lowest BCUT2D eigenvalue weighted by atomic mass is 10.2. The number of benzene rings is 1. The molecule has 2 rings (SSSR count). The first kappa shape index (κ1) is 16.3. The normalized spacial score (nSPS) is 17.9. The first-order valence-corrected chi connectivity index (χ1v) is 9.58. The molecule has 0 bridgehead atoms. The average molecular weight is 381 g/mol. The minimum absolute atomic E-state index is 0.307. The maximum atomic E-state index is 12.8. The zero-order valence-corrected chi connectivity index (χ0v) is 14.7. The first-order valence-electron chi connectivity index (χ1n) is 6.82. The lowest BCUT2D eigenvalue weighted by Crippen LogP contribution is -2.32. The molecule has 0 amide bonds. The number of alkyl halides is 1. The average Bonchev–Trinajstić information content (AvgIpc) is 2.70. The van der Waals surface area contributed by atoms with Crippen LogP contribution in [0.1, 0.15) is 36.8 Å². The molecule has 1 fully saturated rings. The van der Waals surface area contributed by atoms with Gasteiger partial charge in [0, 0.05) is 23.4 Å². The van der Waals surface area contributed by atoms with Crippen molar-refractivity contribution < 1.29 is 8.42 Å². The van der Waals surface area contributed by atoms with Crippen molar-refractivity contribution in [1.29, 1.82) is 0 Å². The Morgan fingerprint density at radius 3 is 2.35 bits per heavy atom. The summed E-state index contributed by atoms with van der Waals surface area (Å²) in [5, 5.41) is 0. The summed E-state index contributed by atoms with van der Waals surface area (Å²) in [6, 6.07) is 3.58. The molecular formula is C14H19BrClNO2S. The van der Waals surface area contributed by atoms with Gasteiger partial charge in [0.15, 0.2) is 0 Å². The second-order valence-corrected chi connectivity index (χ2v) is 8.18. The molecule has 0 unspecified atom stereocenters. The highest BCUT2D eigenvalue weighted by atomic mass is 79.9. The van der Waals surface area contributed by atoms with Crippen molar-refractivity contribution in [1.82, 2.24) is 4.31 Å². The highest BCUT2D eigenvalue weighted by Gasteiger charge is 2.27. The summed E-state index contributed by atoms with van der Waals surface area (Å²) in [4.78, 5) is 0.379. The molecule has 0 aliphatic carbocycles. The number of nitrogens with zero attached hydrogens (tertiary/aromatic N) is 1. The van der Waals surface area contributed by atoms with Crippen molar-refractivity contribution in [2.24, 2.45) is 0 Å². The quantitative estimate of drug-likeness (QED) is 0.742. The molecular weight excluding hydrogens is 362 g/mol. The third kappa shape index (κ3) is 3.38. The molecule has 0 saturated carbocycles. The summed E-state index contributed by atoms with van der Waals surface area (Å²) >= 11 is 9.28. The third-order valence-electron chi connectivity index (χ3n) is 3.69. The maximum Gasteiger partial charge on any atom is 0.243 e. The Hall–Kier alpha value is -0.100. The van der Waals surface area contributed by atoms with Crippen molar-refractivity contribution in [3.05, 3.63) is 27.7 Å². The fourth-order valence-corrected chi connectivity index (χ4v) is 5.08. The summed E-state index contributed by atoms with van der Waals surface area (Å²) in [6.45, 7) is 3.06. The van der Waals surface area contributed by atoms with Crippen LogP contribution >= 0.6 is 27.5 Å². The van der Waals surface area contributed by atoms with Gasteiger partial charge in [-0.2, -0.15) is 4.31 Å². The van der Waals surface area contributed by atoms with E-state index in [4.69, 9.17) is 11.6 Å². The van der Waals surface area contributed by atoms with Gasteiger partial charge in [0.2, 0.25) is 10.0 Å². The van der Waals surface area contributed by atoms with Crippen LogP contribution < -0.4 is 0 Å². The lowest BCUT2D eigenvalue weighted by Gasteiger charge is -2.22. The van der Waals surface area contributed by atoms with Crippen LogP contribution in [-0.4, -0.2) is 25.8 Å². The molecule has 0 radical (unpaired) electrons. The highest BCUT2D eigenvalue weighted by Crippen LogP contribution is 2.29. The van der Waals surface area contributed by atoms with Crippen LogP contribution in [0.4, 0.5) is 0 Å². The van der Waals surface area contributed by atoms with Crippen molar-refractivity contribution in [2.45, 2.75) is 43.4 Å². The van der Waals surface area contributed by atoms with Gasteiger partial charge in [-0.15, -0.1) is 11.6 Å². The molecule has 3 nitrogen and oxygen atoms in total. The van der Waals surface area contributed by atoms with E-state index in [0.29, 0.717) is 23.9 Å². The number of rotatable bonds is 3. The minimum atomic E-state index is -3.43. The number of hydrogen-bond acceptors (Lipinski definition) is 2. The van der Waals surface area contributed by atoms with Gasteiger partial charge < -0.3 is 0 Å². The second kappa shape index (κ2) is 6.77. The van der Waals surface area contributed by atoms with Crippen LogP contribution in [0.2, 0.25) is 0 Å². The molecule has 1 aliphatic heterocycles. The van der Waals surface area contributed by atoms with Gasteiger partial charge in [-0.1, -0.05) is 28.8 Å². The van der Waals surface area contributed by atoms with Crippen LogP contribution in [0.15, 0.2) is 21.5 Å². The van der Waals surface area contributed by atoms with E-state index < -0.39 is 10.0 Å². The topological polar surface area (TPSA) is 37.4 Å². The zero-order chi connectivity index (χ0) is 14.8. The Morgan fingerprint density at radius 1 is 1.20 bits per heavy atom. The van der Waals surface area contributed by atoms with Crippen LogP contribution in [0.3, 0.4) is 0 Å². The Morgan fingerprint density at radius 2 is 1.80 bits per heavy atom. The van der Waals surface area contributed by atoms with Gasteiger partial charge in [0.05, 0.1) is 4.90 Å². The van der Waals surface area contributed by atoms with E-state index in [1.807, 2.05) is 13.0 Å². The van der Waals surface area contributed by atoms with E-state index in [9.17, 15) is 8.42 Å². The second-order valence-electron chi connectivity index (χ2n) is 5.15. The van der Waals surface area contributed by atoms with E-state index >= 15 is 0 Å². The van der Waals surface area contributed by atoms with Crippen LogP contribution in [0, 0.1) is 6.92 Å². The van der Waals surface area contributed by atoms with Gasteiger partial charge in [-0.05, 0) is 43.0 Å². The molecule has 6 heteroatoms. The Bertz CT molecular complexity index is 581. The summed E-state index contributed by atoms with van der Waals surface area (Å²) in [6.07, 6.45) is 4.09. The van der Waals surface area contributed by atoms with E-state index in [1.54, 1.807) is 10.4 Å². The largest absolute Gasteiger partial charge is 0.243 e. The van der Waals surface area contributed by atoms with E-state index in [-0.39, 0.29) is 0 Å². The summed E-state index contributed by atoms with van der Waals surface area (Å²) in [5.41, 5.74) is 1.57. The fraction of sp³-hybridized carbons (Fsp3) is 0.571. The van der Waals surface area contributed by atoms with Gasteiger partial charge in [0.25, 0.3) is 0 Å². The Labute approximate surface area is 134 Å². The smallest absolute Gasteiger partial charge is 0.207 e. The van der Waals surface area contributed by atoms with E-state index in [1.165, 1.54) is 0 Å². The molecule has 0 atom stereocenters. The molecule has 1 heterocycles. The molecule has 0 aromatic heterocycles. The van der Waals surface area contributed by atoms with Gasteiger partial charge in [0.1, 0.15) is 0 Å². The third-order valence-corrected chi connectivity index (χ3v) is 6.85. The lowest BCUT2D eigenvalue weighted by molar-refractivity contribution is 0.423. The number of sulfonamides is 1. The first-order chi connectivity index (χ1) is 9.46. The van der Waals surface area contributed by atoms with E-state index in [0.717, 1.165) is 41.3 Å². The Balaban J connectivity index is 2.45. The van der Waals surface area contributed by atoms with Crippen LogP contribution in [-0.2, 0) is 15.9 Å². The molecule has 0 N–H and O–H groups in total. The van der Waals surface area contributed by atoms with Crippen molar-refractivity contribution >= 4 is 37.6 Å².